The zero-order valence-electron chi connectivity index (χ0n) is 14.3. The molecule has 2 atom stereocenters. The maximum absolute atomic E-state index is 14.4. The van der Waals surface area contributed by atoms with Crippen molar-refractivity contribution in [3.05, 3.63) is 35.4 Å². The highest BCUT2D eigenvalue weighted by Crippen LogP contribution is 2.37. The van der Waals surface area contributed by atoms with Crippen LogP contribution in [0, 0.1) is 17.6 Å². The van der Waals surface area contributed by atoms with Gasteiger partial charge in [0.1, 0.15) is 0 Å². The molecule has 0 amide bonds. The molecule has 0 spiro atoms. The van der Waals surface area contributed by atoms with Crippen molar-refractivity contribution in [3.63, 3.8) is 0 Å². The third-order valence-corrected chi connectivity index (χ3v) is 5.09. The highest BCUT2D eigenvalue weighted by atomic mass is 19.2. The zero-order valence-corrected chi connectivity index (χ0v) is 14.3. The molecule has 2 aliphatic rings. The molecule has 0 N–H and O–H groups in total. The van der Waals surface area contributed by atoms with Crippen LogP contribution in [0.4, 0.5) is 8.78 Å². The number of unbranched alkanes of at least 4 members (excludes halogenated alkanes) is 1. The number of halogens is 2. The minimum atomic E-state index is -0.870. The van der Waals surface area contributed by atoms with Crippen molar-refractivity contribution in [1.29, 1.82) is 0 Å². The fourth-order valence-electron chi connectivity index (χ4n) is 3.63. The van der Waals surface area contributed by atoms with E-state index >= 15 is 0 Å². The SMILES string of the molecule is CCCCOc1ccc(C2=CCC(C3CCCO3)CC2)c(F)c1F. The number of hydrogen-bond acceptors (Lipinski definition) is 2. The van der Waals surface area contributed by atoms with Gasteiger partial charge in [0, 0.05) is 12.2 Å². The summed E-state index contributed by atoms with van der Waals surface area (Å²) >= 11 is 0. The summed E-state index contributed by atoms with van der Waals surface area (Å²) in [6, 6.07) is 3.20. The molecule has 0 aromatic heterocycles. The molecule has 1 saturated heterocycles. The van der Waals surface area contributed by atoms with Crippen LogP contribution in [0.2, 0.25) is 0 Å². The van der Waals surface area contributed by atoms with Crippen molar-refractivity contribution < 1.29 is 18.3 Å². The molecular formula is C20H26F2O2. The van der Waals surface area contributed by atoms with Crippen LogP contribution in [0.25, 0.3) is 5.57 Å². The largest absolute Gasteiger partial charge is 0.490 e. The van der Waals surface area contributed by atoms with Crippen molar-refractivity contribution in [2.75, 3.05) is 13.2 Å². The molecule has 2 unspecified atom stereocenters. The average molecular weight is 336 g/mol. The molecular weight excluding hydrogens is 310 g/mol. The average Bonchev–Trinajstić information content (AvgIpc) is 3.14. The lowest BCUT2D eigenvalue weighted by molar-refractivity contribution is 0.0598. The van der Waals surface area contributed by atoms with E-state index in [0.717, 1.165) is 57.1 Å². The Hall–Kier alpha value is -1.42. The first-order valence-electron chi connectivity index (χ1n) is 9.12. The predicted molar refractivity (Wildman–Crippen MR) is 91.1 cm³/mol. The molecule has 3 rings (SSSR count). The monoisotopic (exact) mass is 336 g/mol. The van der Waals surface area contributed by atoms with Gasteiger partial charge < -0.3 is 9.47 Å². The fraction of sp³-hybridized carbons (Fsp3) is 0.600. The molecule has 0 saturated carbocycles. The number of hydrogen-bond donors (Lipinski definition) is 0. The lowest BCUT2D eigenvalue weighted by Crippen LogP contribution is -2.21. The maximum Gasteiger partial charge on any atom is 0.201 e. The van der Waals surface area contributed by atoms with Crippen LogP contribution < -0.4 is 4.74 Å². The number of ether oxygens (including phenoxy) is 2. The molecule has 1 aromatic rings. The molecule has 2 nitrogen and oxygen atoms in total. The van der Waals surface area contributed by atoms with E-state index in [0.29, 0.717) is 24.2 Å². The minimum absolute atomic E-state index is 0.0124. The van der Waals surface area contributed by atoms with Crippen LogP contribution in [0.1, 0.15) is 57.4 Å². The van der Waals surface area contributed by atoms with Gasteiger partial charge >= 0.3 is 0 Å². The van der Waals surface area contributed by atoms with Gasteiger partial charge in [0.25, 0.3) is 0 Å². The Morgan fingerprint density at radius 1 is 1.21 bits per heavy atom. The summed E-state index contributed by atoms with van der Waals surface area (Å²) < 4.78 is 39.7. The predicted octanol–water partition coefficient (Wildman–Crippen LogP) is 5.51. The summed E-state index contributed by atoms with van der Waals surface area (Å²) in [6.07, 6.45) is 9.10. The molecule has 1 aromatic carbocycles. The molecule has 0 bridgehead atoms. The topological polar surface area (TPSA) is 18.5 Å². The van der Waals surface area contributed by atoms with Crippen LogP contribution >= 0.6 is 0 Å². The van der Waals surface area contributed by atoms with Crippen LogP contribution in [0.5, 0.6) is 5.75 Å². The highest BCUT2D eigenvalue weighted by Gasteiger charge is 2.28. The summed E-state index contributed by atoms with van der Waals surface area (Å²) in [5.41, 5.74) is 1.28. The lowest BCUT2D eigenvalue weighted by atomic mass is 9.82. The molecule has 1 fully saturated rings. The van der Waals surface area contributed by atoms with Gasteiger partial charge in [-0.3, -0.25) is 0 Å². The van der Waals surface area contributed by atoms with E-state index < -0.39 is 11.6 Å². The molecule has 1 aliphatic carbocycles. The molecule has 132 valence electrons. The van der Waals surface area contributed by atoms with E-state index in [4.69, 9.17) is 9.47 Å². The molecule has 1 heterocycles. The second-order valence-corrected chi connectivity index (χ2v) is 6.76. The second kappa shape index (κ2) is 8.11. The van der Waals surface area contributed by atoms with Gasteiger partial charge in [-0.25, -0.2) is 4.39 Å². The van der Waals surface area contributed by atoms with Crippen molar-refractivity contribution in [1.82, 2.24) is 0 Å². The van der Waals surface area contributed by atoms with Crippen LogP contribution in [0.3, 0.4) is 0 Å². The van der Waals surface area contributed by atoms with Crippen molar-refractivity contribution in [2.45, 2.75) is 58.0 Å². The van der Waals surface area contributed by atoms with E-state index in [1.807, 2.05) is 6.92 Å². The smallest absolute Gasteiger partial charge is 0.201 e. The van der Waals surface area contributed by atoms with E-state index in [1.165, 1.54) is 0 Å². The van der Waals surface area contributed by atoms with Crippen LogP contribution in [-0.2, 0) is 4.74 Å². The van der Waals surface area contributed by atoms with Crippen molar-refractivity contribution in [2.24, 2.45) is 5.92 Å². The maximum atomic E-state index is 14.4. The van der Waals surface area contributed by atoms with Gasteiger partial charge in [0.05, 0.1) is 12.7 Å². The van der Waals surface area contributed by atoms with Crippen LogP contribution in [0.15, 0.2) is 18.2 Å². The van der Waals surface area contributed by atoms with E-state index in [-0.39, 0.29) is 5.75 Å². The summed E-state index contributed by atoms with van der Waals surface area (Å²) in [6.45, 7) is 3.30. The fourth-order valence-corrected chi connectivity index (χ4v) is 3.63. The first-order chi connectivity index (χ1) is 11.7. The van der Waals surface area contributed by atoms with E-state index in [2.05, 4.69) is 6.08 Å². The summed E-state index contributed by atoms with van der Waals surface area (Å²) in [7, 11) is 0. The van der Waals surface area contributed by atoms with Crippen molar-refractivity contribution in [3.8, 4) is 5.75 Å². The number of rotatable bonds is 6. The quantitative estimate of drug-likeness (QED) is 0.638. The van der Waals surface area contributed by atoms with Crippen molar-refractivity contribution >= 4 is 5.57 Å². The zero-order chi connectivity index (χ0) is 16.9. The van der Waals surface area contributed by atoms with Gasteiger partial charge in [-0.1, -0.05) is 19.4 Å². The Bertz CT molecular complexity index is 592. The minimum Gasteiger partial charge on any atom is -0.490 e. The summed E-state index contributed by atoms with van der Waals surface area (Å²) in [5, 5.41) is 0. The Balaban J connectivity index is 1.69. The first kappa shape index (κ1) is 17.4. The van der Waals surface area contributed by atoms with Gasteiger partial charge in [-0.15, -0.1) is 0 Å². The lowest BCUT2D eigenvalue weighted by Gasteiger charge is -2.26. The van der Waals surface area contributed by atoms with Gasteiger partial charge in [0.15, 0.2) is 11.6 Å². The van der Waals surface area contributed by atoms with Gasteiger partial charge in [0.2, 0.25) is 5.82 Å². The Morgan fingerprint density at radius 3 is 2.75 bits per heavy atom. The summed E-state index contributed by atoms with van der Waals surface area (Å²) in [4.78, 5) is 0. The Labute approximate surface area is 142 Å². The molecule has 0 radical (unpaired) electrons. The van der Waals surface area contributed by atoms with Gasteiger partial charge in [-0.05, 0) is 62.1 Å². The highest BCUT2D eigenvalue weighted by molar-refractivity contribution is 5.67. The Kier molecular flexibility index (Phi) is 5.88. The Morgan fingerprint density at radius 2 is 2.08 bits per heavy atom. The first-order valence-corrected chi connectivity index (χ1v) is 9.12. The third-order valence-electron chi connectivity index (χ3n) is 5.09. The number of allylic oxidation sites excluding steroid dienone is 2. The molecule has 1 aliphatic heterocycles. The van der Waals surface area contributed by atoms with Crippen LogP contribution in [-0.4, -0.2) is 19.3 Å². The standard InChI is InChI=1S/C20H26F2O2/c1-2-3-12-24-18-11-10-16(19(21)20(18)22)14-6-8-15(9-7-14)17-5-4-13-23-17/h6,10-11,15,17H,2-5,7-9,12-13H2,1H3. The van der Waals surface area contributed by atoms with E-state index in [9.17, 15) is 8.78 Å². The number of benzene rings is 1. The second-order valence-electron chi connectivity index (χ2n) is 6.76. The molecule has 24 heavy (non-hydrogen) atoms. The molecule has 4 heteroatoms. The third kappa shape index (κ3) is 3.80. The van der Waals surface area contributed by atoms with Gasteiger partial charge in [-0.2, -0.15) is 4.39 Å². The van der Waals surface area contributed by atoms with E-state index in [1.54, 1.807) is 12.1 Å². The normalized spacial score (nSPS) is 24.0. The summed E-state index contributed by atoms with van der Waals surface area (Å²) in [5.74, 6) is -1.13.